The van der Waals surface area contributed by atoms with Crippen molar-refractivity contribution < 1.29 is 14.1 Å². The van der Waals surface area contributed by atoms with Crippen molar-refractivity contribution in [3.63, 3.8) is 0 Å². The molecule has 0 spiro atoms. The number of ether oxygens (including phenoxy) is 1. The molecule has 0 N–H and O–H groups in total. The van der Waals surface area contributed by atoms with Crippen molar-refractivity contribution in [1.82, 2.24) is 15.0 Å². The Morgan fingerprint density at radius 3 is 3.29 bits per heavy atom. The van der Waals surface area contributed by atoms with Gasteiger partial charge in [0.2, 0.25) is 11.7 Å². The molecule has 1 atom stereocenters. The first-order valence-electron chi connectivity index (χ1n) is 6.91. The van der Waals surface area contributed by atoms with E-state index in [-0.39, 0.29) is 11.9 Å². The van der Waals surface area contributed by atoms with Crippen LogP contribution in [-0.4, -0.2) is 41.2 Å². The van der Waals surface area contributed by atoms with E-state index < -0.39 is 0 Å². The molecule has 1 aliphatic heterocycles. The summed E-state index contributed by atoms with van der Waals surface area (Å²) >= 11 is 1.60. The van der Waals surface area contributed by atoms with Gasteiger partial charge in [0.05, 0.1) is 19.6 Å². The minimum absolute atomic E-state index is 0.0528. The summed E-state index contributed by atoms with van der Waals surface area (Å²) in [7, 11) is 1.44. The summed E-state index contributed by atoms with van der Waals surface area (Å²) in [4.78, 5) is 18.2. The maximum atomic E-state index is 11.6. The molecule has 1 aliphatic rings. The van der Waals surface area contributed by atoms with E-state index in [9.17, 15) is 4.79 Å². The number of hydrogen-bond acceptors (Lipinski definition) is 7. The molecule has 0 bridgehead atoms. The third-order valence-electron chi connectivity index (χ3n) is 3.65. The van der Waals surface area contributed by atoms with E-state index in [1.807, 2.05) is 16.8 Å². The van der Waals surface area contributed by atoms with Crippen LogP contribution in [0.2, 0.25) is 0 Å². The predicted molar refractivity (Wildman–Crippen MR) is 77.6 cm³/mol. The standard InChI is InChI=1S/C14H17N3O3S/c1-19-14(18)10-3-2-5-17(7-10)8-12-15-13(16-20-12)11-4-6-21-9-11/h4,6,9-10H,2-3,5,7-8H2,1H3/t10-/m0/s1. The Morgan fingerprint density at radius 1 is 1.62 bits per heavy atom. The van der Waals surface area contributed by atoms with Gasteiger partial charge in [-0.25, -0.2) is 0 Å². The molecule has 0 unspecified atom stereocenters. The largest absolute Gasteiger partial charge is 0.469 e. The second kappa shape index (κ2) is 6.36. The molecule has 7 heteroatoms. The molecular formula is C14H17N3O3S. The number of hydrogen-bond donors (Lipinski definition) is 0. The molecule has 0 aromatic carbocycles. The first kappa shape index (κ1) is 14.2. The number of methoxy groups -OCH3 is 1. The highest BCUT2D eigenvalue weighted by Crippen LogP contribution is 2.21. The van der Waals surface area contributed by atoms with Crippen molar-refractivity contribution in [2.24, 2.45) is 5.92 Å². The maximum absolute atomic E-state index is 11.6. The molecule has 1 saturated heterocycles. The van der Waals surface area contributed by atoms with Crippen LogP contribution in [0.4, 0.5) is 0 Å². The minimum Gasteiger partial charge on any atom is -0.469 e. The summed E-state index contributed by atoms with van der Waals surface area (Å²) in [5.74, 6) is 1.02. The van der Waals surface area contributed by atoms with Crippen molar-refractivity contribution >= 4 is 17.3 Å². The lowest BCUT2D eigenvalue weighted by Crippen LogP contribution is -2.38. The number of carbonyl (C=O) groups excluding carboxylic acids is 1. The zero-order valence-electron chi connectivity index (χ0n) is 11.8. The molecule has 6 nitrogen and oxygen atoms in total. The van der Waals surface area contributed by atoms with Gasteiger partial charge in [0.25, 0.3) is 0 Å². The van der Waals surface area contributed by atoms with Gasteiger partial charge in [0.15, 0.2) is 0 Å². The van der Waals surface area contributed by atoms with Crippen LogP contribution in [0.1, 0.15) is 18.7 Å². The molecule has 112 valence electrons. The quantitative estimate of drug-likeness (QED) is 0.807. The number of piperidine rings is 1. The Bertz CT molecular complexity index is 596. The lowest BCUT2D eigenvalue weighted by molar-refractivity contribution is -0.147. The van der Waals surface area contributed by atoms with Gasteiger partial charge < -0.3 is 9.26 Å². The van der Waals surface area contributed by atoms with Crippen molar-refractivity contribution in [1.29, 1.82) is 0 Å². The molecule has 0 amide bonds. The first-order valence-corrected chi connectivity index (χ1v) is 7.86. The summed E-state index contributed by atoms with van der Waals surface area (Å²) in [5, 5.41) is 7.97. The number of esters is 1. The maximum Gasteiger partial charge on any atom is 0.309 e. The third kappa shape index (κ3) is 3.30. The molecule has 2 aromatic rings. The van der Waals surface area contributed by atoms with E-state index in [2.05, 4.69) is 15.0 Å². The zero-order valence-corrected chi connectivity index (χ0v) is 12.6. The van der Waals surface area contributed by atoms with Crippen LogP contribution < -0.4 is 0 Å². The number of nitrogens with zero attached hydrogens (tertiary/aromatic N) is 3. The molecular weight excluding hydrogens is 290 g/mol. The lowest BCUT2D eigenvalue weighted by Gasteiger charge is -2.29. The summed E-state index contributed by atoms with van der Waals surface area (Å²) in [6.45, 7) is 2.19. The molecule has 3 heterocycles. The highest BCUT2D eigenvalue weighted by atomic mass is 32.1. The van der Waals surface area contributed by atoms with Gasteiger partial charge in [-0.2, -0.15) is 16.3 Å². The van der Waals surface area contributed by atoms with E-state index >= 15 is 0 Å². The van der Waals surface area contributed by atoms with E-state index in [1.54, 1.807) is 11.3 Å². The van der Waals surface area contributed by atoms with Crippen LogP contribution in [0.25, 0.3) is 11.4 Å². The van der Waals surface area contributed by atoms with Gasteiger partial charge in [-0.05, 0) is 30.8 Å². The van der Waals surface area contributed by atoms with Crippen LogP contribution in [0.5, 0.6) is 0 Å². The van der Waals surface area contributed by atoms with Crippen LogP contribution in [0.15, 0.2) is 21.3 Å². The average Bonchev–Trinajstić information content (AvgIpc) is 3.17. The molecule has 0 aliphatic carbocycles. The summed E-state index contributed by atoms with van der Waals surface area (Å²) in [6.07, 6.45) is 1.86. The molecule has 1 fully saturated rings. The molecule has 0 saturated carbocycles. The molecule has 0 radical (unpaired) electrons. The van der Waals surface area contributed by atoms with E-state index in [0.717, 1.165) is 24.9 Å². The number of likely N-dealkylation sites (tertiary alicyclic amines) is 1. The predicted octanol–water partition coefficient (Wildman–Crippen LogP) is 2.18. The SMILES string of the molecule is COC(=O)[C@H]1CCCN(Cc2nc(-c3ccsc3)no2)C1. The number of aromatic nitrogens is 2. The third-order valence-corrected chi connectivity index (χ3v) is 4.33. The summed E-state index contributed by atoms with van der Waals surface area (Å²) in [6, 6.07) is 1.97. The van der Waals surface area contributed by atoms with Crippen molar-refractivity contribution in [3.8, 4) is 11.4 Å². The molecule has 2 aromatic heterocycles. The average molecular weight is 307 g/mol. The Labute approximate surface area is 126 Å². The van der Waals surface area contributed by atoms with Crippen molar-refractivity contribution in [3.05, 3.63) is 22.7 Å². The van der Waals surface area contributed by atoms with Crippen LogP contribution >= 0.6 is 11.3 Å². The number of thiophene rings is 1. The van der Waals surface area contributed by atoms with Gasteiger partial charge >= 0.3 is 5.97 Å². The fourth-order valence-electron chi connectivity index (χ4n) is 2.58. The van der Waals surface area contributed by atoms with Gasteiger partial charge in [-0.1, -0.05) is 5.16 Å². The fourth-order valence-corrected chi connectivity index (χ4v) is 3.21. The number of rotatable bonds is 4. The second-order valence-corrected chi connectivity index (χ2v) is 5.90. The minimum atomic E-state index is -0.135. The van der Waals surface area contributed by atoms with Gasteiger partial charge in [0, 0.05) is 17.5 Å². The monoisotopic (exact) mass is 307 g/mol. The Kier molecular flexibility index (Phi) is 4.31. The van der Waals surface area contributed by atoms with Gasteiger partial charge in [-0.15, -0.1) is 0 Å². The Balaban J connectivity index is 1.62. The van der Waals surface area contributed by atoms with Crippen molar-refractivity contribution in [2.75, 3.05) is 20.2 Å². The van der Waals surface area contributed by atoms with Gasteiger partial charge in [-0.3, -0.25) is 9.69 Å². The summed E-state index contributed by atoms with van der Waals surface area (Å²) in [5.41, 5.74) is 0.973. The summed E-state index contributed by atoms with van der Waals surface area (Å²) < 4.78 is 10.1. The van der Waals surface area contributed by atoms with Crippen molar-refractivity contribution in [2.45, 2.75) is 19.4 Å². The Morgan fingerprint density at radius 2 is 2.52 bits per heavy atom. The topological polar surface area (TPSA) is 68.5 Å². The Hall–Kier alpha value is -1.73. The zero-order chi connectivity index (χ0) is 14.7. The first-order chi connectivity index (χ1) is 10.3. The number of carbonyl (C=O) groups is 1. The van der Waals surface area contributed by atoms with E-state index in [4.69, 9.17) is 9.26 Å². The van der Waals surface area contributed by atoms with E-state index in [0.29, 0.717) is 24.8 Å². The normalized spacial score (nSPS) is 19.6. The lowest BCUT2D eigenvalue weighted by atomic mass is 9.98. The fraction of sp³-hybridized carbons (Fsp3) is 0.500. The highest BCUT2D eigenvalue weighted by Gasteiger charge is 2.27. The van der Waals surface area contributed by atoms with E-state index in [1.165, 1.54) is 7.11 Å². The van der Waals surface area contributed by atoms with Gasteiger partial charge in [0.1, 0.15) is 0 Å². The van der Waals surface area contributed by atoms with Crippen LogP contribution in [-0.2, 0) is 16.1 Å². The molecule has 21 heavy (non-hydrogen) atoms. The smallest absolute Gasteiger partial charge is 0.309 e. The second-order valence-electron chi connectivity index (χ2n) is 5.12. The molecule has 3 rings (SSSR count). The van der Waals surface area contributed by atoms with Crippen LogP contribution in [0.3, 0.4) is 0 Å². The van der Waals surface area contributed by atoms with Crippen LogP contribution in [0, 0.1) is 5.92 Å². The highest BCUT2D eigenvalue weighted by molar-refractivity contribution is 7.08.